The van der Waals surface area contributed by atoms with Crippen LogP contribution in [0.15, 0.2) is 89.9 Å². The zero-order chi connectivity index (χ0) is 17.1. The van der Waals surface area contributed by atoms with E-state index in [-0.39, 0.29) is 5.91 Å². The van der Waals surface area contributed by atoms with Gasteiger partial charge in [0.05, 0.1) is 6.54 Å². The molecule has 122 valence electrons. The van der Waals surface area contributed by atoms with Crippen LogP contribution < -0.4 is 0 Å². The average molecular weight is 326 g/mol. The quantitative estimate of drug-likeness (QED) is 0.708. The Morgan fingerprint density at radius 2 is 1.28 bits per heavy atom. The average Bonchev–Trinajstić information content (AvgIpc) is 3.19. The Balaban J connectivity index is 1.58. The molecule has 1 aliphatic heterocycles. The summed E-state index contributed by atoms with van der Waals surface area (Å²) in [6.07, 6.45) is 0. The minimum Gasteiger partial charge on any atom is -0.291 e. The monoisotopic (exact) mass is 326 g/mol. The normalized spacial score (nSPS) is 13.6. The molecule has 1 aliphatic rings. The molecule has 0 unspecified atom stereocenters. The van der Waals surface area contributed by atoms with Gasteiger partial charge in [0.2, 0.25) is 0 Å². The lowest BCUT2D eigenvalue weighted by atomic mass is 10.0. The number of carbonyl (C=O) groups excluding carboxylic acids is 1. The SMILES string of the molecule is O=C(c1ccc(-c2ccccc2)cc1)N1CCN=C1c1ccccc1. The van der Waals surface area contributed by atoms with Crippen molar-refractivity contribution in [1.82, 2.24) is 4.90 Å². The van der Waals surface area contributed by atoms with Crippen molar-refractivity contribution in [3.05, 3.63) is 96.1 Å². The van der Waals surface area contributed by atoms with Crippen LogP contribution in [0, 0.1) is 0 Å². The first-order valence-electron chi connectivity index (χ1n) is 8.40. The Hall–Kier alpha value is -3.20. The van der Waals surface area contributed by atoms with Gasteiger partial charge in [0.1, 0.15) is 5.84 Å². The number of hydrogen-bond acceptors (Lipinski definition) is 2. The van der Waals surface area contributed by atoms with Gasteiger partial charge >= 0.3 is 0 Å². The molecule has 0 saturated heterocycles. The largest absolute Gasteiger partial charge is 0.291 e. The van der Waals surface area contributed by atoms with E-state index in [0.29, 0.717) is 18.7 Å². The summed E-state index contributed by atoms with van der Waals surface area (Å²) < 4.78 is 0. The number of rotatable bonds is 3. The highest BCUT2D eigenvalue weighted by Crippen LogP contribution is 2.21. The van der Waals surface area contributed by atoms with Crippen LogP contribution in [0.1, 0.15) is 15.9 Å². The third-order valence-corrected chi connectivity index (χ3v) is 4.36. The lowest BCUT2D eigenvalue weighted by molar-refractivity contribution is 0.0858. The second-order valence-electron chi connectivity index (χ2n) is 5.97. The summed E-state index contributed by atoms with van der Waals surface area (Å²) in [5.41, 5.74) is 3.92. The lowest BCUT2D eigenvalue weighted by Gasteiger charge is -2.18. The van der Waals surface area contributed by atoms with Gasteiger partial charge in [-0.15, -0.1) is 0 Å². The number of amides is 1. The maximum Gasteiger partial charge on any atom is 0.259 e. The summed E-state index contributed by atoms with van der Waals surface area (Å²) in [7, 11) is 0. The van der Waals surface area contributed by atoms with E-state index in [9.17, 15) is 4.79 Å². The standard InChI is InChI=1S/C22H18N2O/c25-22(24-16-15-23-21(24)19-9-5-2-6-10-19)20-13-11-18(12-14-20)17-7-3-1-4-8-17/h1-14H,15-16H2. The summed E-state index contributed by atoms with van der Waals surface area (Å²) in [5, 5.41) is 0. The van der Waals surface area contributed by atoms with Crippen molar-refractivity contribution >= 4 is 11.7 Å². The molecule has 25 heavy (non-hydrogen) atoms. The molecule has 3 aromatic carbocycles. The van der Waals surface area contributed by atoms with Gasteiger partial charge in [-0.1, -0.05) is 72.8 Å². The molecule has 0 aliphatic carbocycles. The number of aliphatic imine (C=N–C) groups is 1. The fourth-order valence-corrected chi connectivity index (χ4v) is 3.07. The summed E-state index contributed by atoms with van der Waals surface area (Å²) >= 11 is 0. The topological polar surface area (TPSA) is 32.7 Å². The van der Waals surface area contributed by atoms with E-state index in [0.717, 1.165) is 22.5 Å². The molecule has 0 atom stereocenters. The molecule has 1 amide bonds. The first-order chi connectivity index (χ1) is 12.3. The smallest absolute Gasteiger partial charge is 0.259 e. The van der Waals surface area contributed by atoms with Crippen LogP contribution in [0.5, 0.6) is 0 Å². The highest BCUT2D eigenvalue weighted by molar-refractivity contribution is 6.13. The first-order valence-corrected chi connectivity index (χ1v) is 8.40. The Kier molecular flexibility index (Phi) is 4.13. The molecule has 0 bridgehead atoms. The second-order valence-corrected chi connectivity index (χ2v) is 5.97. The van der Waals surface area contributed by atoms with Gasteiger partial charge in [-0.3, -0.25) is 14.7 Å². The van der Waals surface area contributed by atoms with Crippen LogP contribution in [-0.4, -0.2) is 29.7 Å². The van der Waals surface area contributed by atoms with Crippen molar-refractivity contribution in [1.29, 1.82) is 0 Å². The van der Waals surface area contributed by atoms with Crippen molar-refractivity contribution < 1.29 is 4.79 Å². The third kappa shape index (κ3) is 3.09. The van der Waals surface area contributed by atoms with E-state index < -0.39 is 0 Å². The zero-order valence-corrected chi connectivity index (χ0v) is 13.8. The van der Waals surface area contributed by atoms with Gasteiger partial charge in [-0.2, -0.15) is 0 Å². The number of hydrogen-bond donors (Lipinski definition) is 0. The van der Waals surface area contributed by atoms with E-state index in [4.69, 9.17) is 0 Å². The van der Waals surface area contributed by atoms with Gasteiger partial charge in [-0.05, 0) is 23.3 Å². The minimum atomic E-state index is -0.000264. The molecule has 0 spiro atoms. The molecule has 0 radical (unpaired) electrons. The lowest BCUT2D eigenvalue weighted by Crippen LogP contribution is -2.34. The Morgan fingerprint density at radius 3 is 1.92 bits per heavy atom. The van der Waals surface area contributed by atoms with Crippen molar-refractivity contribution in [3.63, 3.8) is 0 Å². The van der Waals surface area contributed by atoms with Gasteiger partial charge in [0, 0.05) is 17.7 Å². The Labute approximate surface area is 147 Å². The molecule has 3 nitrogen and oxygen atoms in total. The predicted molar refractivity (Wildman–Crippen MR) is 101 cm³/mol. The van der Waals surface area contributed by atoms with E-state index in [1.165, 1.54) is 0 Å². The number of carbonyl (C=O) groups is 1. The highest BCUT2D eigenvalue weighted by atomic mass is 16.2. The zero-order valence-electron chi connectivity index (χ0n) is 13.8. The molecule has 3 heteroatoms. The van der Waals surface area contributed by atoms with Crippen molar-refractivity contribution in [2.45, 2.75) is 0 Å². The molecular weight excluding hydrogens is 308 g/mol. The third-order valence-electron chi connectivity index (χ3n) is 4.36. The summed E-state index contributed by atoms with van der Waals surface area (Å²) in [5.74, 6) is 0.762. The highest BCUT2D eigenvalue weighted by Gasteiger charge is 2.25. The van der Waals surface area contributed by atoms with Crippen molar-refractivity contribution in [2.24, 2.45) is 4.99 Å². The van der Waals surface area contributed by atoms with E-state index in [2.05, 4.69) is 17.1 Å². The molecule has 0 aromatic heterocycles. The van der Waals surface area contributed by atoms with E-state index >= 15 is 0 Å². The van der Waals surface area contributed by atoms with Gasteiger partial charge in [0.25, 0.3) is 5.91 Å². The van der Waals surface area contributed by atoms with E-state index in [1.807, 2.05) is 72.8 Å². The fraction of sp³-hybridized carbons (Fsp3) is 0.0909. The maximum absolute atomic E-state index is 12.9. The van der Waals surface area contributed by atoms with Gasteiger partial charge in [0.15, 0.2) is 0 Å². The molecule has 3 aromatic rings. The Bertz CT molecular complexity index is 900. The predicted octanol–water partition coefficient (Wildman–Crippen LogP) is 4.26. The molecule has 0 saturated carbocycles. The van der Waals surface area contributed by atoms with Gasteiger partial charge in [-0.25, -0.2) is 0 Å². The first kappa shape index (κ1) is 15.3. The fourth-order valence-electron chi connectivity index (χ4n) is 3.07. The second kappa shape index (κ2) is 6.73. The summed E-state index contributed by atoms with van der Waals surface area (Å²) in [6.45, 7) is 1.28. The molecule has 4 rings (SSSR count). The van der Waals surface area contributed by atoms with Crippen LogP contribution in [-0.2, 0) is 0 Å². The van der Waals surface area contributed by atoms with Crippen LogP contribution in [0.4, 0.5) is 0 Å². The molecular formula is C22H18N2O. The van der Waals surface area contributed by atoms with Crippen molar-refractivity contribution in [2.75, 3.05) is 13.1 Å². The number of benzene rings is 3. The molecule has 1 heterocycles. The van der Waals surface area contributed by atoms with Crippen LogP contribution in [0.3, 0.4) is 0 Å². The summed E-state index contributed by atoms with van der Waals surface area (Å²) in [6, 6.07) is 27.8. The van der Waals surface area contributed by atoms with E-state index in [1.54, 1.807) is 4.90 Å². The van der Waals surface area contributed by atoms with Crippen LogP contribution >= 0.6 is 0 Å². The number of nitrogens with zero attached hydrogens (tertiary/aromatic N) is 2. The minimum absolute atomic E-state index is 0.000264. The number of amidine groups is 1. The van der Waals surface area contributed by atoms with Crippen LogP contribution in [0.25, 0.3) is 11.1 Å². The van der Waals surface area contributed by atoms with Gasteiger partial charge < -0.3 is 0 Å². The van der Waals surface area contributed by atoms with Crippen molar-refractivity contribution in [3.8, 4) is 11.1 Å². The van der Waals surface area contributed by atoms with Crippen LogP contribution in [0.2, 0.25) is 0 Å². The summed E-state index contributed by atoms with van der Waals surface area (Å²) in [4.78, 5) is 19.2. The molecule has 0 N–H and O–H groups in total. The Morgan fingerprint density at radius 1 is 0.720 bits per heavy atom. The molecule has 0 fully saturated rings. The maximum atomic E-state index is 12.9.